The summed E-state index contributed by atoms with van der Waals surface area (Å²) in [5, 5.41) is 21.0. The Bertz CT molecular complexity index is 619. The van der Waals surface area contributed by atoms with Gasteiger partial charge in [-0.1, -0.05) is 0 Å². The maximum Gasteiger partial charge on any atom is 0.326 e. The van der Waals surface area contributed by atoms with E-state index in [2.05, 4.69) is 15.1 Å². The van der Waals surface area contributed by atoms with Crippen molar-refractivity contribution in [1.29, 1.82) is 0 Å². The van der Waals surface area contributed by atoms with Crippen LogP contribution in [0.4, 0.5) is 0 Å². The summed E-state index contributed by atoms with van der Waals surface area (Å²) in [6.45, 7) is 0. The number of aliphatic hydroxyl groups is 1. The second kappa shape index (κ2) is 7.81. The van der Waals surface area contributed by atoms with Gasteiger partial charge in [-0.25, -0.2) is 9.78 Å². The number of ketones is 1. The molecular weight excluding hydrogens is 294 g/mol. The van der Waals surface area contributed by atoms with Gasteiger partial charge in [0.1, 0.15) is 6.04 Å². The van der Waals surface area contributed by atoms with Crippen molar-refractivity contribution in [3.05, 3.63) is 23.7 Å². The Hall–Kier alpha value is -2.84. The third-order valence-corrected chi connectivity index (χ3v) is 2.88. The van der Waals surface area contributed by atoms with E-state index >= 15 is 0 Å². The number of carbonyl (C=O) groups excluding carboxylic acids is 2. The fourth-order valence-electron chi connectivity index (χ4n) is 1.69. The molecule has 0 spiro atoms. The number of amides is 1. The number of aliphatic carboxylic acids is 1. The van der Waals surface area contributed by atoms with Crippen molar-refractivity contribution >= 4 is 23.9 Å². The normalized spacial score (nSPS) is 12.8. The number of carbonyl (C=O) groups is 3. The van der Waals surface area contributed by atoms with Crippen LogP contribution in [0.5, 0.6) is 0 Å². The van der Waals surface area contributed by atoms with Crippen LogP contribution < -0.4 is 5.32 Å². The van der Waals surface area contributed by atoms with E-state index in [4.69, 9.17) is 10.6 Å². The summed E-state index contributed by atoms with van der Waals surface area (Å²) < 4.78 is 1.42. The molecule has 0 aromatic carbocycles. The SMILES string of the molecule is Cn1cncc1C(O)C(=O)NC(CCC(=O)C=[N+]=[N-])C(=O)O. The summed E-state index contributed by atoms with van der Waals surface area (Å²) in [5.74, 6) is -2.85. The molecule has 3 N–H and O–H groups in total. The van der Waals surface area contributed by atoms with Gasteiger partial charge < -0.3 is 25.6 Å². The van der Waals surface area contributed by atoms with E-state index in [9.17, 15) is 19.5 Å². The smallest absolute Gasteiger partial charge is 0.326 e. The Labute approximate surface area is 125 Å². The van der Waals surface area contributed by atoms with Crippen LogP contribution in [0, 0.1) is 0 Å². The first-order chi connectivity index (χ1) is 10.4. The van der Waals surface area contributed by atoms with Crippen molar-refractivity contribution in [1.82, 2.24) is 14.9 Å². The highest BCUT2D eigenvalue weighted by atomic mass is 16.4. The third kappa shape index (κ3) is 4.62. The molecule has 2 unspecified atom stereocenters. The van der Waals surface area contributed by atoms with Crippen LogP contribution in [0.1, 0.15) is 24.6 Å². The number of imidazole rings is 1. The van der Waals surface area contributed by atoms with Gasteiger partial charge in [-0.15, -0.1) is 0 Å². The van der Waals surface area contributed by atoms with Gasteiger partial charge in [-0.3, -0.25) is 9.59 Å². The Morgan fingerprint density at radius 3 is 2.73 bits per heavy atom. The van der Waals surface area contributed by atoms with E-state index in [1.165, 1.54) is 17.1 Å². The third-order valence-electron chi connectivity index (χ3n) is 2.88. The molecule has 0 bridgehead atoms. The van der Waals surface area contributed by atoms with Crippen LogP contribution in [0.15, 0.2) is 12.5 Å². The molecule has 22 heavy (non-hydrogen) atoms. The molecule has 0 aliphatic rings. The zero-order valence-electron chi connectivity index (χ0n) is 11.7. The van der Waals surface area contributed by atoms with Crippen LogP contribution in [-0.4, -0.2) is 54.5 Å². The van der Waals surface area contributed by atoms with Crippen LogP contribution in [0.25, 0.3) is 5.53 Å². The van der Waals surface area contributed by atoms with Crippen LogP contribution >= 0.6 is 0 Å². The number of aliphatic hydroxyl groups excluding tert-OH is 1. The highest BCUT2D eigenvalue weighted by Gasteiger charge is 2.27. The molecule has 1 heterocycles. The largest absolute Gasteiger partial charge is 0.480 e. The summed E-state index contributed by atoms with van der Waals surface area (Å²) in [7, 11) is 1.57. The molecule has 0 fully saturated rings. The van der Waals surface area contributed by atoms with E-state index in [0.29, 0.717) is 6.21 Å². The second-order valence-corrected chi connectivity index (χ2v) is 4.48. The lowest BCUT2D eigenvalue weighted by atomic mass is 10.1. The molecule has 10 nitrogen and oxygen atoms in total. The van der Waals surface area contributed by atoms with E-state index < -0.39 is 29.8 Å². The first-order valence-corrected chi connectivity index (χ1v) is 6.24. The molecule has 0 aliphatic carbocycles. The fourth-order valence-corrected chi connectivity index (χ4v) is 1.69. The summed E-state index contributed by atoms with van der Waals surface area (Å²) >= 11 is 0. The van der Waals surface area contributed by atoms with E-state index in [-0.39, 0.29) is 18.5 Å². The highest BCUT2D eigenvalue weighted by molar-refractivity contribution is 6.25. The molecule has 2 atom stereocenters. The van der Waals surface area contributed by atoms with E-state index in [0.717, 1.165) is 0 Å². The number of aromatic nitrogens is 2. The van der Waals surface area contributed by atoms with Crippen molar-refractivity contribution in [2.45, 2.75) is 25.0 Å². The summed E-state index contributed by atoms with van der Waals surface area (Å²) in [6.07, 6.45) is 1.29. The van der Waals surface area contributed by atoms with Crippen molar-refractivity contribution < 1.29 is 29.4 Å². The number of rotatable bonds is 8. The molecule has 1 aromatic rings. The zero-order chi connectivity index (χ0) is 16.7. The van der Waals surface area contributed by atoms with E-state index in [1.807, 2.05) is 0 Å². The number of carboxylic acids is 1. The summed E-state index contributed by atoms with van der Waals surface area (Å²) in [5.41, 5.74) is 8.38. The number of Topliss-reactive ketones (excluding diaryl/α,β-unsaturated/α-hetero) is 1. The molecule has 1 aromatic heterocycles. The number of hydrogen-bond acceptors (Lipinski definition) is 5. The van der Waals surface area contributed by atoms with Crippen LogP contribution in [-0.2, 0) is 21.4 Å². The van der Waals surface area contributed by atoms with E-state index in [1.54, 1.807) is 7.05 Å². The standard InChI is InChI=1S/C12H15N5O5/c1-17-6-14-5-9(17)10(19)11(20)16-8(12(21)22)3-2-7(18)4-15-13/h4-6,8,10,19H,2-3H2,1H3,(H,16,20)(H,21,22). The minimum atomic E-state index is -1.58. The zero-order valence-corrected chi connectivity index (χ0v) is 11.7. The maximum absolute atomic E-state index is 11.9. The predicted molar refractivity (Wildman–Crippen MR) is 71.7 cm³/mol. The van der Waals surface area contributed by atoms with Gasteiger partial charge in [0.05, 0.1) is 18.2 Å². The molecule has 0 saturated heterocycles. The van der Waals surface area contributed by atoms with Crippen molar-refractivity contribution in [3.63, 3.8) is 0 Å². The van der Waals surface area contributed by atoms with Crippen LogP contribution in [0.3, 0.4) is 0 Å². The molecule has 0 aliphatic heterocycles. The average molecular weight is 309 g/mol. The highest BCUT2D eigenvalue weighted by Crippen LogP contribution is 2.12. The van der Waals surface area contributed by atoms with Crippen molar-refractivity contribution in [2.75, 3.05) is 0 Å². The Morgan fingerprint density at radius 2 is 2.23 bits per heavy atom. The molecule has 10 heteroatoms. The summed E-state index contributed by atoms with van der Waals surface area (Å²) in [6, 6.07) is -1.36. The first kappa shape index (κ1) is 17.2. The fraction of sp³-hybridized carbons (Fsp3) is 0.417. The lowest BCUT2D eigenvalue weighted by Gasteiger charge is -2.16. The topological polar surface area (TPSA) is 158 Å². The van der Waals surface area contributed by atoms with Gasteiger partial charge in [-0.05, 0) is 6.42 Å². The van der Waals surface area contributed by atoms with Gasteiger partial charge in [0.25, 0.3) is 5.91 Å². The van der Waals surface area contributed by atoms with Gasteiger partial charge in [-0.2, -0.15) is 4.79 Å². The number of hydrogen-bond donors (Lipinski definition) is 3. The van der Waals surface area contributed by atoms with Gasteiger partial charge >= 0.3 is 12.2 Å². The molecular formula is C12H15N5O5. The maximum atomic E-state index is 11.9. The van der Waals surface area contributed by atoms with Crippen LogP contribution in [0.2, 0.25) is 0 Å². The van der Waals surface area contributed by atoms with Crippen molar-refractivity contribution in [3.8, 4) is 0 Å². The first-order valence-electron chi connectivity index (χ1n) is 6.24. The number of carboxylic acid groups (broad SMARTS) is 1. The molecule has 1 rings (SSSR count). The number of aryl methyl sites for hydroxylation is 1. The van der Waals surface area contributed by atoms with Gasteiger partial charge in [0.2, 0.25) is 5.78 Å². The quantitative estimate of drug-likeness (QED) is 0.306. The minimum Gasteiger partial charge on any atom is -0.480 e. The van der Waals surface area contributed by atoms with Crippen molar-refractivity contribution in [2.24, 2.45) is 7.05 Å². The number of nitrogens with zero attached hydrogens (tertiary/aromatic N) is 4. The summed E-state index contributed by atoms with van der Waals surface area (Å²) in [4.78, 5) is 40.4. The monoisotopic (exact) mass is 309 g/mol. The Balaban J connectivity index is 2.68. The number of nitrogens with one attached hydrogen (secondary N) is 1. The minimum absolute atomic E-state index is 0.199. The Kier molecular flexibility index (Phi) is 6.11. The molecule has 1 amide bonds. The lowest BCUT2D eigenvalue weighted by molar-refractivity contribution is -0.143. The molecule has 0 radical (unpaired) electrons. The second-order valence-electron chi connectivity index (χ2n) is 4.48. The van der Waals surface area contributed by atoms with Gasteiger partial charge in [0, 0.05) is 13.5 Å². The predicted octanol–water partition coefficient (Wildman–Crippen LogP) is -1.33. The molecule has 118 valence electrons. The lowest BCUT2D eigenvalue weighted by Crippen LogP contribution is -2.43. The Morgan fingerprint density at radius 1 is 1.55 bits per heavy atom. The molecule has 0 saturated carbocycles. The van der Waals surface area contributed by atoms with Gasteiger partial charge in [0.15, 0.2) is 6.10 Å². The average Bonchev–Trinajstić information content (AvgIpc) is 2.88.